The number of aromatic hydroxyl groups is 1. The number of benzene rings is 2. The Kier molecular flexibility index (Phi) is 3.84. The number of hydrogen-bond acceptors (Lipinski definition) is 4. The number of halogens is 1. The number of non-ortho nitro benzene ring substituents is 1. The third kappa shape index (κ3) is 3.33. The van der Waals surface area contributed by atoms with Gasteiger partial charge in [0.1, 0.15) is 11.6 Å². The summed E-state index contributed by atoms with van der Waals surface area (Å²) >= 11 is 0. The minimum Gasteiger partial charge on any atom is -0.506 e. The molecule has 0 aliphatic heterocycles. The first-order valence-corrected chi connectivity index (χ1v) is 5.93. The SMILES string of the molecule is Cc1cc(F)cc(C(=O)Nc2ccc([N+](=O)[O-])cc2O)c1. The van der Waals surface area contributed by atoms with Crippen molar-refractivity contribution >= 4 is 17.3 Å². The summed E-state index contributed by atoms with van der Waals surface area (Å²) in [5, 5.41) is 22.6. The molecule has 2 rings (SSSR count). The van der Waals surface area contributed by atoms with Gasteiger partial charge in [0.2, 0.25) is 0 Å². The van der Waals surface area contributed by atoms with Crippen molar-refractivity contribution in [3.63, 3.8) is 0 Å². The van der Waals surface area contributed by atoms with Gasteiger partial charge in [0.05, 0.1) is 16.7 Å². The van der Waals surface area contributed by atoms with Gasteiger partial charge in [0.25, 0.3) is 11.6 Å². The summed E-state index contributed by atoms with van der Waals surface area (Å²) in [4.78, 5) is 21.8. The summed E-state index contributed by atoms with van der Waals surface area (Å²) < 4.78 is 13.2. The van der Waals surface area contributed by atoms with Gasteiger partial charge in [-0.2, -0.15) is 0 Å². The Bertz CT molecular complexity index is 711. The zero-order valence-corrected chi connectivity index (χ0v) is 11.0. The van der Waals surface area contributed by atoms with Crippen molar-refractivity contribution in [2.24, 2.45) is 0 Å². The zero-order valence-electron chi connectivity index (χ0n) is 11.0. The molecule has 0 unspecified atom stereocenters. The molecule has 0 spiro atoms. The number of anilines is 1. The van der Waals surface area contributed by atoms with Gasteiger partial charge in [0.15, 0.2) is 0 Å². The number of hydrogen-bond donors (Lipinski definition) is 2. The quantitative estimate of drug-likeness (QED) is 0.516. The smallest absolute Gasteiger partial charge is 0.273 e. The van der Waals surface area contributed by atoms with Gasteiger partial charge in [-0.25, -0.2) is 4.39 Å². The Hall–Kier alpha value is -2.96. The van der Waals surface area contributed by atoms with E-state index in [0.29, 0.717) is 5.56 Å². The second kappa shape index (κ2) is 5.58. The highest BCUT2D eigenvalue weighted by Gasteiger charge is 2.14. The van der Waals surface area contributed by atoms with E-state index in [-0.39, 0.29) is 16.9 Å². The molecule has 21 heavy (non-hydrogen) atoms. The van der Waals surface area contributed by atoms with E-state index in [1.807, 2.05) is 0 Å². The zero-order chi connectivity index (χ0) is 15.6. The average molecular weight is 290 g/mol. The standard InChI is InChI=1S/C14H11FN2O4/c1-8-4-9(6-10(15)5-8)14(19)16-12-3-2-11(17(20)21)7-13(12)18/h2-7,18H,1H3,(H,16,19). The predicted octanol–water partition coefficient (Wildman–Crippen LogP) is 3.00. The van der Waals surface area contributed by atoms with E-state index in [0.717, 1.165) is 18.2 Å². The number of amides is 1. The van der Waals surface area contributed by atoms with Crippen LogP contribution in [0.3, 0.4) is 0 Å². The average Bonchev–Trinajstić information content (AvgIpc) is 2.39. The number of carbonyl (C=O) groups is 1. The van der Waals surface area contributed by atoms with Gasteiger partial charge in [-0.3, -0.25) is 14.9 Å². The molecule has 0 bridgehead atoms. The third-order valence-corrected chi connectivity index (χ3v) is 2.74. The highest BCUT2D eigenvalue weighted by molar-refractivity contribution is 6.05. The number of phenols is 1. The molecule has 0 fully saturated rings. The summed E-state index contributed by atoms with van der Waals surface area (Å²) in [6, 6.07) is 7.10. The molecule has 2 aromatic rings. The molecule has 0 aliphatic rings. The lowest BCUT2D eigenvalue weighted by molar-refractivity contribution is -0.384. The summed E-state index contributed by atoms with van der Waals surface area (Å²) in [6.45, 7) is 1.64. The maximum Gasteiger partial charge on any atom is 0.273 e. The van der Waals surface area contributed by atoms with Crippen LogP contribution in [0.4, 0.5) is 15.8 Å². The van der Waals surface area contributed by atoms with Crippen molar-refractivity contribution in [3.8, 4) is 5.75 Å². The van der Waals surface area contributed by atoms with Gasteiger partial charge < -0.3 is 10.4 Å². The number of carbonyl (C=O) groups excluding carboxylic acids is 1. The summed E-state index contributed by atoms with van der Waals surface area (Å²) in [7, 11) is 0. The van der Waals surface area contributed by atoms with Crippen LogP contribution in [-0.4, -0.2) is 15.9 Å². The maximum atomic E-state index is 13.2. The lowest BCUT2D eigenvalue weighted by atomic mass is 10.1. The van der Waals surface area contributed by atoms with Crippen LogP contribution in [0.2, 0.25) is 0 Å². The highest BCUT2D eigenvalue weighted by Crippen LogP contribution is 2.28. The summed E-state index contributed by atoms with van der Waals surface area (Å²) in [6.07, 6.45) is 0. The number of nitrogens with one attached hydrogen (secondary N) is 1. The molecule has 7 heteroatoms. The first kappa shape index (κ1) is 14.4. The maximum absolute atomic E-state index is 13.2. The van der Waals surface area contributed by atoms with E-state index < -0.39 is 22.4 Å². The number of phenolic OH excluding ortho intramolecular Hbond substituents is 1. The van der Waals surface area contributed by atoms with Crippen molar-refractivity contribution < 1.29 is 19.2 Å². The van der Waals surface area contributed by atoms with Gasteiger partial charge in [-0.05, 0) is 36.8 Å². The largest absolute Gasteiger partial charge is 0.506 e. The molecule has 0 aliphatic carbocycles. The van der Waals surface area contributed by atoms with E-state index in [1.165, 1.54) is 18.2 Å². The topological polar surface area (TPSA) is 92.5 Å². The van der Waals surface area contributed by atoms with Gasteiger partial charge in [-0.1, -0.05) is 0 Å². The minimum absolute atomic E-state index is 0.00696. The van der Waals surface area contributed by atoms with E-state index in [2.05, 4.69) is 5.32 Å². The summed E-state index contributed by atoms with van der Waals surface area (Å²) in [5.41, 5.74) is 0.373. The Balaban J connectivity index is 2.25. The van der Waals surface area contributed by atoms with Crippen LogP contribution < -0.4 is 5.32 Å². The lowest BCUT2D eigenvalue weighted by Gasteiger charge is -2.08. The highest BCUT2D eigenvalue weighted by atomic mass is 19.1. The van der Waals surface area contributed by atoms with Crippen LogP contribution >= 0.6 is 0 Å². The van der Waals surface area contributed by atoms with Crippen molar-refractivity contribution in [1.82, 2.24) is 0 Å². The molecule has 108 valence electrons. The molecule has 0 aromatic heterocycles. The Morgan fingerprint density at radius 1 is 1.29 bits per heavy atom. The van der Waals surface area contributed by atoms with Crippen LogP contribution in [0.1, 0.15) is 15.9 Å². The predicted molar refractivity (Wildman–Crippen MR) is 73.9 cm³/mol. The fourth-order valence-electron chi connectivity index (χ4n) is 1.80. The fourth-order valence-corrected chi connectivity index (χ4v) is 1.80. The molecule has 0 saturated heterocycles. The van der Waals surface area contributed by atoms with Crippen LogP contribution in [0, 0.1) is 22.9 Å². The van der Waals surface area contributed by atoms with Crippen molar-refractivity contribution in [2.45, 2.75) is 6.92 Å². The third-order valence-electron chi connectivity index (χ3n) is 2.74. The second-order valence-corrected chi connectivity index (χ2v) is 4.43. The van der Waals surface area contributed by atoms with Gasteiger partial charge >= 0.3 is 0 Å². The molecular formula is C14H11FN2O4. The monoisotopic (exact) mass is 290 g/mol. The second-order valence-electron chi connectivity index (χ2n) is 4.43. The van der Waals surface area contributed by atoms with Crippen molar-refractivity contribution in [2.75, 3.05) is 5.32 Å². The van der Waals surface area contributed by atoms with Crippen LogP contribution in [0.15, 0.2) is 36.4 Å². The number of nitrogens with zero attached hydrogens (tertiary/aromatic N) is 1. The molecule has 0 heterocycles. The lowest BCUT2D eigenvalue weighted by Crippen LogP contribution is -2.12. The molecule has 0 saturated carbocycles. The van der Waals surface area contributed by atoms with E-state index in [1.54, 1.807) is 6.92 Å². The first-order chi connectivity index (χ1) is 9.86. The molecule has 2 N–H and O–H groups in total. The van der Waals surface area contributed by atoms with E-state index in [4.69, 9.17) is 0 Å². The first-order valence-electron chi connectivity index (χ1n) is 5.93. The molecule has 0 radical (unpaired) electrons. The Morgan fingerprint density at radius 3 is 2.57 bits per heavy atom. The Labute approximate surface area is 119 Å². The minimum atomic E-state index is -0.665. The van der Waals surface area contributed by atoms with Crippen molar-refractivity contribution in [1.29, 1.82) is 0 Å². The number of rotatable bonds is 3. The number of nitro groups is 1. The molecular weight excluding hydrogens is 279 g/mol. The Morgan fingerprint density at radius 2 is 2.00 bits per heavy atom. The van der Waals surface area contributed by atoms with Crippen molar-refractivity contribution in [3.05, 3.63) is 63.5 Å². The fraction of sp³-hybridized carbons (Fsp3) is 0.0714. The van der Waals surface area contributed by atoms with Gasteiger partial charge in [0, 0.05) is 11.6 Å². The molecule has 0 atom stereocenters. The van der Waals surface area contributed by atoms with E-state index in [9.17, 15) is 24.4 Å². The van der Waals surface area contributed by atoms with Crippen LogP contribution in [0.5, 0.6) is 5.75 Å². The normalized spacial score (nSPS) is 10.2. The molecule has 2 aromatic carbocycles. The van der Waals surface area contributed by atoms with E-state index >= 15 is 0 Å². The molecule has 6 nitrogen and oxygen atoms in total. The van der Waals surface area contributed by atoms with Gasteiger partial charge in [-0.15, -0.1) is 0 Å². The number of nitro benzene ring substituents is 1. The molecule has 1 amide bonds. The van der Waals surface area contributed by atoms with Crippen LogP contribution in [-0.2, 0) is 0 Å². The van der Waals surface area contributed by atoms with Crippen LogP contribution in [0.25, 0.3) is 0 Å². The summed E-state index contributed by atoms with van der Waals surface area (Å²) in [5.74, 6) is -1.61. The number of aryl methyl sites for hydroxylation is 1.